The molecule has 0 aliphatic rings. The second-order valence-corrected chi connectivity index (χ2v) is 6.26. The van der Waals surface area contributed by atoms with Gasteiger partial charge in [-0.1, -0.05) is 6.07 Å². The Hall–Kier alpha value is -1.70. The van der Waals surface area contributed by atoms with Crippen molar-refractivity contribution in [1.29, 1.82) is 0 Å². The van der Waals surface area contributed by atoms with Crippen molar-refractivity contribution in [2.24, 2.45) is 0 Å². The molecule has 1 aromatic heterocycles. The Kier molecular flexibility index (Phi) is 4.22. The minimum atomic E-state index is -3.91. The fourth-order valence-corrected chi connectivity index (χ4v) is 3.13. The molecule has 0 bridgehead atoms. The Morgan fingerprint density at radius 2 is 2.10 bits per heavy atom. The van der Waals surface area contributed by atoms with Crippen LogP contribution in [0.2, 0.25) is 0 Å². The first-order valence-electron chi connectivity index (χ1n) is 5.83. The zero-order valence-electron chi connectivity index (χ0n) is 10.8. The van der Waals surface area contributed by atoms with Gasteiger partial charge in [-0.05, 0) is 29.8 Å². The van der Waals surface area contributed by atoms with E-state index in [-0.39, 0.29) is 17.0 Å². The summed E-state index contributed by atoms with van der Waals surface area (Å²) >= 11 is 0. The van der Waals surface area contributed by atoms with E-state index in [9.17, 15) is 17.9 Å². The van der Waals surface area contributed by atoms with Gasteiger partial charge in [0.2, 0.25) is 10.0 Å². The molecule has 0 saturated carbocycles. The minimum absolute atomic E-state index is 0.0245. The normalized spacial score (nSPS) is 12.0. The lowest BCUT2D eigenvalue weighted by atomic mass is 10.2. The fourth-order valence-electron chi connectivity index (χ4n) is 1.77. The molecule has 0 aliphatic heterocycles. The van der Waals surface area contributed by atoms with Crippen LogP contribution in [0.4, 0.5) is 4.39 Å². The zero-order valence-corrected chi connectivity index (χ0v) is 11.6. The zero-order chi connectivity index (χ0) is 14.8. The summed E-state index contributed by atoms with van der Waals surface area (Å²) < 4.78 is 44.2. The molecule has 7 heteroatoms. The number of halogens is 1. The van der Waals surface area contributed by atoms with Crippen LogP contribution >= 0.6 is 0 Å². The second kappa shape index (κ2) is 5.74. The molecule has 0 fully saturated rings. The van der Waals surface area contributed by atoms with Crippen LogP contribution in [0.15, 0.2) is 45.9 Å². The van der Waals surface area contributed by atoms with Crippen LogP contribution in [-0.4, -0.2) is 24.9 Å². The Bertz CT molecular complexity index is 682. The number of furan rings is 1. The van der Waals surface area contributed by atoms with E-state index in [2.05, 4.69) is 0 Å². The maximum atomic E-state index is 13.3. The van der Waals surface area contributed by atoms with Gasteiger partial charge in [0.05, 0.1) is 24.3 Å². The van der Waals surface area contributed by atoms with Gasteiger partial charge in [-0.2, -0.15) is 4.31 Å². The van der Waals surface area contributed by atoms with Gasteiger partial charge in [-0.15, -0.1) is 0 Å². The highest BCUT2D eigenvalue weighted by Gasteiger charge is 2.25. The molecule has 0 spiro atoms. The highest BCUT2D eigenvalue weighted by Crippen LogP contribution is 2.22. The predicted octanol–water partition coefficient (Wildman–Crippen LogP) is 1.73. The van der Waals surface area contributed by atoms with Gasteiger partial charge in [0.15, 0.2) is 0 Å². The quantitative estimate of drug-likeness (QED) is 0.913. The van der Waals surface area contributed by atoms with Crippen LogP contribution in [0.25, 0.3) is 0 Å². The number of nitrogens with zero attached hydrogens (tertiary/aromatic N) is 1. The van der Waals surface area contributed by atoms with Gasteiger partial charge in [0.25, 0.3) is 0 Å². The lowest BCUT2D eigenvalue weighted by Gasteiger charge is -2.17. The Morgan fingerprint density at radius 1 is 1.35 bits per heavy atom. The van der Waals surface area contributed by atoms with Crippen molar-refractivity contribution in [3.8, 4) is 0 Å². The summed E-state index contributed by atoms with van der Waals surface area (Å²) in [6.45, 7) is -0.458. The third-order valence-electron chi connectivity index (χ3n) is 2.85. The van der Waals surface area contributed by atoms with Crippen molar-refractivity contribution in [3.05, 3.63) is 53.7 Å². The summed E-state index contributed by atoms with van der Waals surface area (Å²) in [5, 5.41) is 9.19. The molecular formula is C13H14FNO4S. The summed E-state index contributed by atoms with van der Waals surface area (Å²) in [6.07, 6.45) is 1.44. The van der Waals surface area contributed by atoms with Gasteiger partial charge >= 0.3 is 0 Å². The van der Waals surface area contributed by atoms with Crippen molar-refractivity contribution in [1.82, 2.24) is 4.31 Å². The Balaban J connectivity index is 2.36. The van der Waals surface area contributed by atoms with E-state index >= 15 is 0 Å². The molecule has 1 aromatic carbocycles. The van der Waals surface area contributed by atoms with E-state index in [4.69, 9.17) is 4.42 Å². The van der Waals surface area contributed by atoms with Crippen LogP contribution in [0.3, 0.4) is 0 Å². The van der Waals surface area contributed by atoms with Crippen molar-refractivity contribution < 1.29 is 22.3 Å². The maximum Gasteiger partial charge on any atom is 0.243 e. The summed E-state index contributed by atoms with van der Waals surface area (Å²) in [6, 6.07) is 6.56. The summed E-state index contributed by atoms with van der Waals surface area (Å²) in [7, 11) is -2.54. The van der Waals surface area contributed by atoms with Crippen molar-refractivity contribution in [2.75, 3.05) is 7.05 Å². The largest absolute Gasteiger partial charge is 0.468 e. The van der Waals surface area contributed by atoms with Crippen LogP contribution in [0.1, 0.15) is 11.3 Å². The third-order valence-corrected chi connectivity index (χ3v) is 4.73. The molecule has 0 atom stereocenters. The molecule has 108 valence electrons. The molecule has 2 aromatic rings. The van der Waals surface area contributed by atoms with E-state index in [1.807, 2.05) is 0 Å². The molecule has 0 radical (unpaired) electrons. The molecule has 0 unspecified atom stereocenters. The van der Waals surface area contributed by atoms with Gasteiger partial charge < -0.3 is 9.52 Å². The van der Waals surface area contributed by atoms with Gasteiger partial charge in [0.1, 0.15) is 11.6 Å². The number of hydrogen-bond acceptors (Lipinski definition) is 4. The summed E-state index contributed by atoms with van der Waals surface area (Å²) in [5.74, 6) is -0.204. The molecular weight excluding hydrogens is 285 g/mol. The van der Waals surface area contributed by atoms with Crippen LogP contribution in [0.5, 0.6) is 0 Å². The molecule has 0 amide bonds. The smallest absolute Gasteiger partial charge is 0.243 e. The van der Waals surface area contributed by atoms with Crippen molar-refractivity contribution in [3.63, 3.8) is 0 Å². The number of sulfonamides is 1. The van der Waals surface area contributed by atoms with Crippen molar-refractivity contribution >= 4 is 10.0 Å². The number of rotatable bonds is 5. The van der Waals surface area contributed by atoms with Gasteiger partial charge in [-0.25, -0.2) is 12.8 Å². The molecule has 5 nitrogen and oxygen atoms in total. The third kappa shape index (κ3) is 2.90. The van der Waals surface area contributed by atoms with E-state index in [1.165, 1.54) is 19.4 Å². The lowest BCUT2D eigenvalue weighted by Crippen LogP contribution is -2.27. The van der Waals surface area contributed by atoms with Crippen LogP contribution in [-0.2, 0) is 23.2 Å². The average Bonchev–Trinajstić information content (AvgIpc) is 2.91. The number of aliphatic hydroxyl groups excluding tert-OH is 1. The Morgan fingerprint density at radius 3 is 2.70 bits per heavy atom. The van der Waals surface area contributed by atoms with E-state index in [1.54, 1.807) is 12.1 Å². The second-order valence-electron chi connectivity index (χ2n) is 4.25. The molecule has 0 aliphatic carbocycles. The topological polar surface area (TPSA) is 70.8 Å². The molecule has 2 rings (SSSR count). The SMILES string of the molecule is CN(Cc1ccco1)S(=O)(=O)c1cc(F)ccc1CO. The standard InChI is InChI=1S/C13H14FNO4S/c1-15(8-12-3-2-6-19-12)20(17,18)13-7-11(14)5-4-10(13)9-16/h2-7,16H,8-9H2,1H3. The van der Waals surface area contributed by atoms with Gasteiger partial charge in [0, 0.05) is 7.05 Å². The first-order chi connectivity index (χ1) is 9.45. The number of benzene rings is 1. The number of hydrogen-bond donors (Lipinski definition) is 1. The van der Waals surface area contributed by atoms with E-state index in [0.717, 1.165) is 16.4 Å². The molecule has 1 heterocycles. The van der Waals surface area contributed by atoms with Crippen LogP contribution < -0.4 is 0 Å². The first kappa shape index (κ1) is 14.7. The highest BCUT2D eigenvalue weighted by molar-refractivity contribution is 7.89. The predicted molar refractivity (Wildman–Crippen MR) is 69.7 cm³/mol. The summed E-state index contributed by atoms with van der Waals surface area (Å²) in [4.78, 5) is -0.242. The monoisotopic (exact) mass is 299 g/mol. The summed E-state index contributed by atoms with van der Waals surface area (Å²) in [5.41, 5.74) is 0.151. The highest BCUT2D eigenvalue weighted by atomic mass is 32.2. The number of aliphatic hydroxyl groups is 1. The Labute approximate surface area is 116 Å². The van der Waals surface area contributed by atoms with E-state index in [0.29, 0.717) is 5.76 Å². The molecule has 1 N–H and O–H groups in total. The lowest BCUT2D eigenvalue weighted by molar-refractivity contribution is 0.277. The molecule has 0 saturated heterocycles. The first-order valence-corrected chi connectivity index (χ1v) is 7.27. The van der Waals surface area contributed by atoms with Crippen LogP contribution in [0, 0.1) is 5.82 Å². The fraction of sp³-hybridized carbons (Fsp3) is 0.231. The molecule has 20 heavy (non-hydrogen) atoms. The average molecular weight is 299 g/mol. The van der Waals surface area contributed by atoms with E-state index < -0.39 is 22.4 Å². The van der Waals surface area contributed by atoms with Crippen molar-refractivity contribution in [2.45, 2.75) is 18.0 Å². The minimum Gasteiger partial charge on any atom is -0.468 e. The maximum absolute atomic E-state index is 13.3. The van der Waals surface area contributed by atoms with Gasteiger partial charge in [-0.3, -0.25) is 0 Å².